The molecule has 136 valence electrons. The van der Waals surface area contributed by atoms with Gasteiger partial charge in [-0.05, 0) is 39.3 Å². The molecule has 0 saturated carbocycles. The smallest absolute Gasteiger partial charge is 0.194 e. The average Bonchev–Trinajstić information content (AvgIpc) is 2.98. The number of ether oxygens (including phenoxy) is 1. The van der Waals surface area contributed by atoms with Crippen molar-refractivity contribution in [3.63, 3.8) is 0 Å². The molecule has 0 spiro atoms. The molecular formula is C19H28N4OS. The van der Waals surface area contributed by atoms with Gasteiger partial charge < -0.3 is 15.0 Å². The van der Waals surface area contributed by atoms with E-state index < -0.39 is 0 Å². The lowest BCUT2D eigenvalue weighted by Crippen LogP contribution is -2.39. The standard InChI is InChI=1S/C19H28N4OS/c1-6-20-19(23(5)12-17-13-25-16(4)22-17)21-11-15(3)24-18-10-8-7-9-14(18)2/h7-10,13,15H,6,11-12H2,1-5H3,(H,20,21). The highest BCUT2D eigenvalue weighted by molar-refractivity contribution is 7.09. The molecule has 2 aromatic rings. The number of para-hydroxylation sites is 1. The Morgan fingerprint density at radius 2 is 2.12 bits per heavy atom. The Hall–Kier alpha value is -2.08. The van der Waals surface area contributed by atoms with Gasteiger partial charge in [0.2, 0.25) is 0 Å². The molecule has 0 bridgehead atoms. The minimum atomic E-state index is 0.00433. The van der Waals surface area contributed by atoms with Gasteiger partial charge in [-0.3, -0.25) is 0 Å². The third-order valence-electron chi connectivity index (χ3n) is 3.68. The number of nitrogens with one attached hydrogen (secondary N) is 1. The van der Waals surface area contributed by atoms with E-state index in [1.165, 1.54) is 0 Å². The number of aryl methyl sites for hydroxylation is 2. The number of guanidine groups is 1. The van der Waals surface area contributed by atoms with Crippen LogP contribution in [-0.2, 0) is 6.54 Å². The predicted molar refractivity (Wildman–Crippen MR) is 106 cm³/mol. The lowest BCUT2D eigenvalue weighted by molar-refractivity contribution is 0.228. The monoisotopic (exact) mass is 360 g/mol. The molecule has 0 aliphatic carbocycles. The van der Waals surface area contributed by atoms with Crippen LogP contribution in [0.4, 0.5) is 0 Å². The van der Waals surface area contributed by atoms with E-state index in [2.05, 4.69) is 40.5 Å². The first-order valence-corrected chi connectivity index (χ1v) is 9.50. The van der Waals surface area contributed by atoms with Crippen molar-refractivity contribution in [3.8, 4) is 5.75 Å². The Labute approximate surface area is 154 Å². The van der Waals surface area contributed by atoms with Gasteiger partial charge in [0, 0.05) is 19.0 Å². The molecule has 1 unspecified atom stereocenters. The maximum atomic E-state index is 6.01. The molecule has 25 heavy (non-hydrogen) atoms. The number of nitrogens with zero attached hydrogens (tertiary/aromatic N) is 3. The molecule has 1 N–H and O–H groups in total. The SMILES string of the molecule is CCNC(=NCC(C)Oc1ccccc1C)N(C)Cc1csc(C)n1. The van der Waals surface area contributed by atoms with Gasteiger partial charge in [0.15, 0.2) is 5.96 Å². The van der Waals surface area contributed by atoms with Crippen molar-refractivity contribution in [1.82, 2.24) is 15.2 Å². The van der Waals surface area contributed by atoms with Crippen LogP contribution in [0.15, 0.2) is 34.6 Å². The number of hydrogen-bond donors (Lipinski definition) is 1. The fourth-order valence-electron chi connectivity index (χ4n) is 2.43. The number of aromatic nitrogens is 1. The number of rotatable bonds is 7. The van der Waals surface area contributed by atoms with Crippen molar-refractivity contribution < 1.29 is 4.74 Å². The molecule has 0 amide bonds. The Kier molecular flexibility index (Phi) is 7.25. The third kappa shape index (κ3) is 6.05. The van der Waals surface area contributed by atoms with E-state index in [4.69, 9.17) is 9.73 Å². The number of aliphatic imine (C=N–C) groups is 1. The summed E-state index contributed by atoms with van der Waals surface area (Å²) in [6.07, 6.45) is 0.00433. The van der Waals surface area contributed by atoms with Gasteiger partial charge in [-0.15, -0.1) is 11.3 Å². The minimum Gasteiger partial charge on any atom is -0.489 e. The van der Waals surface area contributed by atoms with Crippen LogP contribution >= 0.6 is 11.3 Å². The summed E-state index contributed by atoms with van der Waals surface area (Å²) in [5.41, 5.74) is 2.21. The molecule has 1 atom stereocenters. The summed E-state index contributed by atoms with van der Waals surface area (Å²) in [7, 11) is 2.03. The van der Waals surface area contributed by atoms with Gasteiger partial charge in [-0.2, -0.15) is 0 Å². The summed E-state index contributed by atoms with van der Waals surface area (Å²) in [5.74, 6) is 1.79. The molecule has 5 nitrogen and oxygen atoms in total. The molecular weight excluding hydrogens is 332 g/mol. The van der Waals surface area contributed by atoms with Crippen molar-refractivity contribution in [2.45, 2.75) is 40.3 Å². The van der Waals surface area contributed by atoms with Crippen molar-refractivity contribution in [2.24, 2.45) is 4.99 Å². The highest BCUT2D eigenvalue weighted by Gasteiger charge is 2.10. The van der Waals surface area contributed by atoms with Gasteiger partial charge in [0.1, 0.15) is 11.9 Å². The van der Waals surface area contributed by atoms with Crippen LogP contribution in [0.1, 0.15) is 30.1 Å². The number of benzene rings is 1. The van der Waals surface area contributed by atoms with Gasteiger partial charge in [-0.1, -0.05) is 18.2 Å². The zero-order valence-electron chi connectivity index (χ0n) is 15.7. The van der Waals surface area contributed by atoms with Crippen molar-refractivity contribution in [2.75, 3.05) is 20.1 Å². The lowest BCUT2D eigenvalue weighted by atomic mass is 10.2. The van der Waals surface area contributed by atoms with Crippen molar-refractivity contribution >= 4 is 17.3 Å². The Morgan fingerprint density at radius 1 is 1.36 bits per heavy atom. The average molecular weight is 361 g/mol. The van der Waals surface area contributed by atoms with Crippen LogP contribution in [0.5, 0.6) is 5.75 Å². The Morgan fingerprint density at radius 3 is 2.76 bits per heavy atom. The summed E-state index contributed by atoms with van der Waals surface area (Å²) >= 11 is 1.67. The fourth-order valence-corrected chi connectivity index (χ4v) is 3.03. The summed E-state index contributed by atoms with van der Waals surface area (Å²) in [4.78, 5) is 11.3. The minimum absolute atomic E-state index is 0.00433. The molecule has 2 rings (SSSR count). The molecule has 1 aromatic heterocycles. The highest BCUT2D eigenvalue weighted by Crippen LogP contribution is 2.17. The molecule has 0 fully saturated rings. The van der Waals surface area contributed by atoms with Crippen LogP contribution in [0.25, 0.3) is 0 Å². The molecule has 0 radical (unpaired) electrons. The summed E-state index contributed by atoms with van der Waals surface area (Å²) < 4.78 is 6.01. The highest BCUT2D eigenvalue weighted by atomic mass is 32.1. The zero-order valence-corrected chi connectivity index (χ0v) is 16.6. The largest absolute Gasteiger partial charge is 0.489 e. The summed E-state index contributed by atoms with van der Waals surface area (Å²) in [6.45, 7) is 10.4. The predicted octanol–water partition coefficient (Wildman–Crippen LogP) is 3.62. The molecule has 0 saturated heterocycles. The maximum Gasteiger partial charge on any atom is 0.194 e. The summed E-state index contributed by atoms with van der Waals surface area (Å²) in [5, 5.41) is 6.52. The van der Waals surface area contributed by atoms with Gasteiger partial charge in [0.25, 0.3) is 0 Å². The zero-order chi connectivity index (χ0) is 18.2. The van der Waals surface area contributed by atoms with Crippen molar-refractivity contribution in [1.29, 1.82) is 0 Å². The van der Waals surface area contributed by atoms with E-state index in [1.54, 1.807) is 11.3 Å². The van der Waals surface area contributed by atoms with E-state index in [1.807, 2.05) is 39.1 Å². The van der Waals surface area contributed by atoms with Crippen LogP contribution < -0.4 is 10.1 Å². The van der Waals surface area contributed by atoms with Crippen LogP contribution in [0.2, 0.25) is 0 Å². The van der Waals surface area contributed by atoms with E-state index in [9.17, 15) is 0 Å². The Balaban J connectivity index is 1.96. The number of thiazole rings is 1. The maximum absolute atomic E-state index is 6.01. The van der Waals surface area contributed by atoms with Crippen molar-refractivity contribution in [3.05, 3.63) is 45.9 Å². The first-order chi connectivity index (χ1) is 12.0. The van der Waals surface area contributed by atoms with E-state index in [0.717, 1.165) is 41.1 Å². The molecule has 1 aromatic carbocycles. The quantitative estimate of drug-likeness (QED) is 0.605. The second kappa shape index (κ2) is 9.42. The van der Waals surface area contributed by atoms with Crippen LogP contribution in [-0.4, -0.2) is 42.1 Å². The molecule has 1 heterocycles. The first kappa shape index (κ1) is 19.2. The topological polar surface area (TPSA) is 49.8 Å². The van der Waals surface area contributed by atoms with Gasteiger partial charge in [-0.25, -0.2) is 9.98 Å². The molecule has 0 aliphatic rings. The van der Waals surface area contributed by atoms with E-state index >= 15 is 0 Å². The number of hydrogen-bond acceptors (Lipinski definition) is 4. The van der Waals surface area contributed by atoms with E-state index in [0.29, 0.717) is 6.54 Å². The first-order valence-electron chi connectivity index (χ1n) is 8.62. The van der Waals surface area contributed by atoms with Gasteiger partial charge in [0.05, 0.1) is 23.8 Å². The fraction of sp³-hybridized carbons (Fsp3) is 0.474. The van der Waals surface area contributed by atoms with Crippen LogP contribution in [0.3, 0.4) is 0 Å². The second-order valence-electron chi connectivity index (χ2n) is 6.10. The normalized spacial score (nSPS) is 12.8. The summed E-state index contributed by atoms with van der Waals surface area (Å²) in [6, 6.07) is 8.06. The molecule has 6 heteroatoms. The lowest BCUT2D eigenvalue weighted by Gasteiger charge is -2.22. The third-order valence-corrected chi connectivity index (χ3v) is 4.50. The van der Waals surface area contributed by atoms with E-state index in [-0.39, 0.29) is 6.10 Å². The molecule has 0 aliphatic heterocycles. The Bertz CT molecular complexity index is 698. The van der Waals surface area contributed by atoms with Crippen LogP contribution in [0, 0.1) is 13.8 Å². The van der Waals surface area contributed by atoms with Gasteiger partial charge >= 0.3 is 0 Å². The second-order valence-corrected chi connectivity index (χ2v) is 7.16.